The molecule has 0 amide bonds. The maximum atomic E-state index is 11.2. The highest BCUT2D eigenvalue weighted by Gasteiger charge is 2.09. The van der Waals surface area contributed by atoms with Crippen LogP contribution in [0.2, 0.25) is 5.02 Å². The second kappa shape index (κ2) is 3.03. The second-order valence-electron chi connectivity index (χ2n) is 3.00. The first-order valence-corrected chi connectivity index (χ1v) is 4.39. The Hall–Kier alpha value is -1.48. The third kappa shape index (κ3) is 1.26. The molecule has 14 heavy (non-hydrogen) atoms. The van der Waals surface area contributed by atoms with Gasteiger partial charge in [-0.1, -0.05) is 11.6 Å². The van der Waals surface area contributed by atoms with E-state index in [1.807, 2.05) is 0 Å². The van der Waals surface area contributed by atoms with Crippen molar-refractivity contribution >= 4 is 22.6 Å². The van der Waals surface area contributed by atoms with Crippen LogP contribution in [0.1, 0.15) is 5.56 Å². The summed E-state index contributed by atoms with van der Waals surface area (Å²) in [6, 6.07) is 4.71. The minimum Gasteiger partial charge on any atom is -0.507 e. The van der Waals surface area contributed by atoms with Crippen molar-refractivity contribution in [2.45, 2.75) is 6.92 Å². The first-order chi connectivity index (χ1) is 6.59. The zero-order chi connectivity index (χ0) is 10.3. The summed E-state index contributed by atoms with van der Waals surface area (Å²) in [5, 5.41) is 10.6. The summed E-state index contributed by atoms with van der Waals surface area (Å²) in [4.78, 5) is 11.2. The molecule has 1 N–H and O–H groups in total. The lowest BCUT2D eigenvalue weighted by Crippen LogP contribution is -2.02. The number of aromatic hydroxyl groups is 1. The predicted molar refractivity (Wildman–Crippen MR) is 53.9 cm³/mol. The summed E-state index contributed by atoms with van der Waals surface area (Å²) in [5.74, 6) is -0.0706. The van der Waals surface area contributed by atoms with Gasteiger partial charge in [0.1, 0.15) is 11.3 Å². The summed E-state index contributed by atoms with van der Waals surface area (Å²) >= 11 is 5.75. The molecule has 0 saturated heterocycles. The molecule has 0 atom stereocenters. The van der Waals surface area contributed by atoms with E-state index in [-0.39, 0.29) is 11.3 Å². The van der Waals surface area contributed by atoms with Crippen molar-refractivity contribution in [2.24, 2.45) is 0 Å². The molecule has 0 spiro atoms. The average molecular weight is 211 g/mol. The van der Waals surface area contributed by atoms with Gasteiger partial charge < -0.3 is 9.52 Å². The van der Waals surface area contributed by atoms with Crippen molar-refractivity contribution in [2.75, 3.05) is 0 Å². The Labute approximate surface area is 84.5 Å². The van der Waals surface area contributed by atoms with Gasteiger partial charge in [0.05, 0.1) is 10.9 Å². The Morgan fingerprint density at radius 3 is 2.86 bits per heavy atom. The van der Waals surface area contributed by atoms with Crippen LogP contribution in [0.15, 0.2) is 27.4 Å². The van der Waals surface area contributed by atoms with Crippen LogP contribution in [-0.2, 0) is 0 Å². The SMILES string of the molecule is Cc1c(O)c2cc(Cl)ccc2oc1=O. The van der Waals surface area contributed by atoms with Gasteiger partial charge in [0, 0.05) is 5.02 Å². The quantitative estimate of drug-likeness (QED) is 0.680. The van der Waals surface area contributed by atoms with Crippen LogP contribution in [0.25, 0.3) is 11.0 Å². The lowest BCUT2D eigenvalue weighted by atomic mass is 10.2. The van der Waals surface area contributed by atoms with Crippen LogP contribution >= 0.6 is 11.6 Å². The zero-order valence-electron chi connectivity index (χ0n) is 7.37. The first kappa shape index (κ1) is 9.09. The van der Waals surface area contributed by atoms with Crippen molar-refractivity contribution in [3.05, 3.63) is 39.2 Å². The van der Waals surface area contributed by atoms with E-state index in [2.05, 4.69) is 0 Å². The third-order valence-corrected chi connectivity index (χ3v) is 2.30. The third-order valence-electron chi connectivity index (χ3n) is 2.06. The summed E-state index contributed by atoms with van der Waals surface area (Å²) in [5.41, 5.74) is -0.000380. The van der Waals surface area contributed by atoms with E-state index in [9.17, 15) is 9.90 Å². The molecule has 2 aromatic rings. The van der Waals surface area contributed by atoms with Crippen molar-refractivity contribution in [3.63, 3.8) is 0 Å². The van der Waals surface area contributed by atoms with Crippen molar-refractivity contribution < 1.29 is 9.52 Å². The molecule has 0 aliphatic carbocycles. The minimum absolute atomic E-state index is 0.0706. The first-order valence-electron chi connectivity index (χ1n) is 4.01. The van der Waals surface area contributed by atoms with Gasteiger partial charge in [0.2, 0.25) is 0 Å². The number of rotatable bonds is 0. The maximum Gasteiger partial charge on any atom is 0.342 e. The van der Waals surface area contributed by atoms with E-state index in [0.29, 0.717) is 16.0 Å². The normalized spacial score (nSPS) is 10.7. The highest BCUT2D eigenvalue weighted by Crippen LogP contribution is 2.27. The van der Waals surface area contributed by atoms with E-state index < -0.39 is 5.63 Å². The monoisotopic (exact) mass is 210 g/mol. The topological polar surface area (TPSA) is 50.4 Å². The summed E-state index contributed by atoms with van der Waals surface area (Å²) in [6.45, 7) is 1.50. The van der Waals surface area contributed by atoms with Crippen LogP contribution in [0.3, 0.4) is 0 Å². The molecule has 1 heterocycles. The fourth-order valence-electron chi connectivity index (χ4n) is 1.25. The lowest BCUT2D eigenvalue weighted by Gasteiger charge is -2.02. The minimum atomic E-state index is -0.530. The second-order valence-corrected chi connectivity index (χ2v) is 3.44. The highest BCUT2D eigenvalue weighted by molar-refractivity contribution is 6.31. The molecule has 0 bridgehead atoms. The molecule has 0 aliphatic rings. The van der Waals surface area contributed by atoms with Crippen LogP contribution < -0.4 is 5.63 Å². The van der Waals surface area contributed by atoms with Gasteiger partial charge in [-0.25, -0.2) is 4.79 Å². The van der Waals surface area contributed by atoms with E-state index in [1.165, 1.54) is 6.92 Å². The van der Waals surface area contributed by atoms with Gasteiger partial charge in [0.25, 0.3) is 0 Å². The fraction of sp³-hybridized carbons (Fsp3) is 0.100. The molecule has 1 aromatic carbocycles. The maximum absolute atomic E-state index is 11.2. The molecule has 0 saturated carbocycles. The molecule has 4 heteroatoms. The summed E-state index contributed by atoms with van der Waals surface area (Å²) in [6.07, 6.45) is 0. The number of hydrogen-bond acceptors (Lipinski definition) is 3. The van der Waals surface area contributed by atoms with Crippen molar-refractivity contribution in [1.82, 2.24) is 0 Å². The summed E-state index contributed by atoms with van der Waals surface area (Å²) < 4.78 is 4.95. The molecule has 72 valence electrons. The number of hydrogen-bond donors (Lipinski definition) is 1. The Morgan fingerprint density at radius 1 is 1.43 bits per heavy atom. The Kier molecular flexibility index (Phi) is 1.97. The Morgan fingerprint density at radius 2 is 2.14 bits per heavy atom. The molecule has 1 aromatic heterocycles. The summed E-state index contributed by atoms with van der Waals surface area (Å²) in [7, 11) is 0. The molecule has 2 rings (SSSR count). The Bertz CT molecular complexity index is 557. The molecular formula is C10H7ClO3. The number of benzene rings is 1. The number of fused-ring (bicyclic) bond motifs is 1. The fourth-order valence-corrected chi connectivity index (χ4v) is 1.42. The van der Waals surface area contributed by atoms with Crippen LogP contribution in [-0.4, -0.2) is 5.11 Å². The van der Waals surface area contributed by atoms with Gasteiger partial charge in [-0.2, -0.15) is 0 Å². The molecule has 3 nitrogen and oxygen atoms in total. The van der Waals surface area contributed by atoms with E-state index in [0.717, 1.165) is 0 Å². The van der Waals surface area contributed by atoms with E-state index in [4.69, 9.17) is 16.0 Å². The molecule has 0 aliphatic heterocycles. The van der Waals surface area contributed by atoms with Crippen molar-refractivity contribution in [3.8, 4) is 5.75 Å². The number of halogens is 1. The van der Waals surface area contributed by atoms with Gasteiger partial charge >= 0.3 is 5.63 Å². The predicted octanol–water partition coefficient (Wildman–Crippen LogP) is 2.46. The van der Waals surface area contributed by atoms with E-state index in [1.54, 1.807) is 18.2 Å². The average Bonchev–Trinajstić information content (AvgIpc) is 2.16. The molecule has 0 unspecified atom stereocenters. The van der Waals surface area contributed by atoms with Gasteiger partial charge in [-0.3, -0.25) is 0 Å². The Balaban J connectivity index is 2.99. The highest BCUT2D eigenvalue weighted by atomic mass is 35.5. The van der Waals surface area contributed by atoms with Crippen molar-refractivity contribution in [1.29, 1.82) is 0 Å². The lowest BCUT2D eigenvalue weighted by molar-refractivity contribution is 0.461. The van der Waals surface area contributed by atoms with Gasteiger partial charge in [0.15, 0.2) is 0 Å². The zero-order valence-corrected chi connectivity index (χ0v) is 8.13. The molecule has 0 radical (unpaired) electrons. The van der Waals surface area contributed by atoms with Crippen LogP contribution in [0.5, 0.6) is 5.75 Å². The smallest absolute Gasteiger partial charge is 0.342 e. The van der Waals surface area contributed by atoms with E-state index >= 15 is 0 Å². The van der Waals surface area contributed by atoms with Gasteiger partial charge in [-0.15, -0.1) is 0 Å². The van der Waals surface area contributed by atoms with Crippen LogP contribution in [0.4, 0.5) is 0 Å². The standard InChI is InChI=1S/C10H7ClO3/c1-5-9(12)7-4-6(11)2-3-8(7)14-10(5)13/h2-4,12H,1H3. The molecular weight excluding hydrogens is 204 g/mol. The molecule has 0 fully saturated rings. The van der Waals surface area contributed by atoms with Gasteiger partial charge in [-0.05, 0) is 25.1 Å². The van der Waals surface area contributed by atoms with Crippen LogP contribution in [0, 0.1) is 6.92 Å². The largest absolute Gasteiger partial charge is 0.507 e.